The molecule has 1 aromatic carbocycles. The molecule has 1 N–H and O–H groups in total. The number of rotatable bonds is 5. The summed E-state index contributed by atoms with van der Waals surface area (Å²) >= 11 is 0. The number of nitrogens with zero attached hydrogens (tertiary/aromatic N) is 1. The average molecular weight is 298 g/mol. The van der Waals surface area contributed by atoms with Crippen LogP contribution in [0.15, 0.2) is 18.2 Å². The third kappa shape index (κ3) is 3.63. The first-order valence-electron chi connectivity index (χ1n) is 6.32. The first-order valence-corrected chi connectivity index (χ1v) is 8.38. The molecule has 2 rings (SSSR count). The Kier molecular flexibility index (Phi) is 4.17. The van der Waals surface area contributed by atoms with Gasteiger partial charge in [0.2, 0.25) is 0 Å². The third-order valence-corrected chi connectivity index (χ3v) is 4.10. The summed E-state index contributed by atoms with van der Waals surface area (Å²) in [6, 6.07) is 5.48. The maximum absolute atomic E-state index is 11.6. The van der Waals surface area contributed by atoms with Gasteiger partial charge in [-0.3, -0.25) is 4.79 Å². The molecule has 7 heteroatoms. The second-order valence-electron chi connectivity index (χ2n) is 4.83. The summed E-state index contributed by atoms with van der Waals surface area (Å²) in [4.78, 5) is 13.1. The van der Waals surface area contributed by atoms with Gasteiger partial charge in [-0.05, 0) is 24.6 Å². The molecule has 0 radical (unpaired) electrons. The topological polar surface area (TPSA) is 75.7 Å². The summed E-state index contributed by atoms with van der Waals surface area (Å²) < 4.78 is 27.4. The summed E-state index contributed by atoms with van der Waals surface area (Å²) in [5.41, 5.74) is 1.55. The second kappa shape index (κ2) is 5.70. The number of nitrogens with one attached hydrogen (secondary N) is 1. The zero-order valence-corrected chi connectivity index (χ0v) is 12.4. The first kappa shape index (κ1) is 14.6. The van der Waals surface area contributed by atoms with Crippen LogP contribution in [0.2, 0.25) is 0 Å². The van der Waals surface area contributed by atoms with E-state index in [2.05, 4.69) is 5.32 Å². The molecule has 1 aliphatic heterocycles. The van der Waals surface area contributed by atoms with Crippen LogP contribution in [0.5, 0.6) is 5.75 Å². The molecule has 0 saturated carbocycles. The van der Waals surface area contributed by atoms with E-state index in [4.69, 9.17) is 4.74 Å². The molecule has 0 aliphatic carbocycles. The number of anilines is 2. The van der Waals surface area contributed by atoms with Crippen molar-refractivity contribution < 1.29 is 17.9 Å². The van der Waals surface area contributed by atoms with Crippen molar-refractivity contribution >= 4 is 27.1 Å². The molecule has 1 heterocycles. The molecule has 0 aromatic heterocycles. The van der Waals surface area contributed by atoms with E-state index in [1.165, 1.54) is 6.26 Å². The van der Waals surface area contributed by atoms with Crippen molar-refractivity contribution in [2.45, 2.75) is 6.42 Å². The normalized spacial score (nSPS) is 14.7. The van der Waals surface area contributed by atoms with Gasteiger partial charge >= 0.3 is 0 Å². The molecular formula is C13H18N2O4S. The Bertz CT molecular complexity index is 613. The lowest BCUT2D eigenvalue weighted by molar-refractivity contribution is -0.120. The highest BCUT2D eigenvalue weighted by Crippen LogP contribution is 2.33. The molecule has 0 fully saturated rings. The number of ether oxygens (including phenoxy) is 1. The van der Waals surface area contributed by atoms with Gasteiger partial charge in [0.1, 0.15) is 15.6 Å². The second-order valence-corrected chi connectivity index (χ2v) is 7.09. The fourth-order valence-corrected chi connectivity index (χ4v) is 2.62. The summed E-state index contributed by atoms with van der Waals surface area (Å²) in [7, 11) is -1.22. The van der Waals surface area contributed by atoms with Crippen molar-refractivity contribution in [1.82, 2.24) is 0 Å². The number of carbonyl (C=O) groups is 1. The Balaban J connectivity index is 1.99. The quantitative estimate of drug-likeness (QED) is 0.817. The Labute approximate surface area is 118 Å². The maximum atomic E-state index is 11.6. The van der Waals surface area contributed by atoms with Crippen LogP contribution in [-0.2, 0) is 14.6 Å². The van der Waals surface area contributed by atoms with Crippen LogP contribution in [0.3, 0.4) is 0 Å². The van der Waals surface area contributed by atoms with Gasteiger partial charge in [-0.15, -0.1) is 0 Å². The predicted octanol–water partition coefficient (Wildman–Crippen LogP) is 0.888. The van der Waals surface area contributed by atoms with Crippen LogP contribution >= 0.6 is 0 Å². The Morgan fingerprint density at radius 3 is 2.85 bits per heavy atom. The number of carbonyl (C=O) groups excluding carboxylic acids is 1. The summed E-state index contributed by atoms with van der Waals surface area (Å²) in [5, 5.41) is 3.14. The largest absolute Gasteiger partial charge is 0.482 e. The molecule has 0 saturated heterocycles. The Hall–Kier alpha value is -1.76. The molecule has 0 atom stereocenters. The molecule has 1 amide bonds. The minimum absolute atomic E-state index is 0.0602. The van der Waals surface area contributed by atoms with E-state index >= 15 is 0 Å². The van der Waals surface area contributed by atoms with Crippen molar-refractivity contribution in [3.05, 3.63) is 18.2 Å². The van der Waals surface area contributed by atoms with E-state index in [0.29, 0.717) is 18.7 Å². The molecule has 20 heavy (non-hydrogen) atoms. The molecule has 1 aromatic rings. The number of amides is 1. The SMILES string of the molecule is CN1C(=O)COc2ccc(NCCCS(C)(=O)=O)cc21. The van der Waals surface area contributed by atoms with Gasteiger partial charge in [-0.2, -0.15) is 0 Å². The minimum atomic E-state index is -2.92. The van der Waals surface area contributed by atoms with Crippen LogP contribution < -0.4 is 15.0 Å². The average Bonchev–Trinajstić information content (AvgIpc) is 2.38. The molecule has 0 bridgehead atoms. The van der Waals surface area contributed by atoms with Gasteiger partial charge in [-0.25, -0.2) is 8.42 Å². The molecular weight excluding hydrogens is 280 g/mol. The van der Waals surface area contributed by atoms with Crippen molar-refractivity contribution in [1.29, 1.82) is 0 Å². The Morgan fingerprint density at radius 2 is 2.15 bits per heavy atom. The van der Waals surface area contributed by atoms with E-state index in [0.717, 1.165) is 11.4 Å². The van der Waals surface area contributed by atoms with Crippen LogP contribution in [0, 0.1) is 0 Å². The number of fused-ring (bicyclic) bond motifs is 1. The monoisotopic (exact) mass is 298 g/mol. The number of hydrogen-bond donors (Lipinski definition) is 1. The Morgan fingerprint density at radius 1 is 1.40 bits per heavy atom. The van der Waals surface area contributed by atoms with Crippen LogP contribution in [0.25, 0.3) is 0 Å². The van der Waals surface area contributed by atoms with Crippen molar-refractivity contribution in [3.8, 4) is 5.75 Å². The highest BCUT2D eigenvalue weighted by molar-refractivity contribution is 7.90. The zero-order chi connectivity index (χ0) is 14.8. The standard InChI is InChI=1S/C13H18N2O4S/c1-15-11-8-10(14-6-3-7-20(2,17)18)4-5-12(11)19-9-13(15)16/h4-5,8,14H,3,6-7,9H2,1-2H3. The molecule has 0 unspecified atom stereocenters. The predicted molar refractivity (Wildman–Crippen MR) is 78.2 cm³/mol. The van der Waals surface area contributed by atoms with Crippen molar-refractivity contribution in [2.24, 2.45) is 0 Å². The van der Waals surface area contributed by atoms with Gasteiger partial charge in [0.05, 0.1) is 11.4 Å². The molecule has 1 aliphatic rings. The number of hydrogen-bond acceptors (Lipinski definition) is 5. The molecule has 110 valence electrons. The number of sulfone groups is 1. The van der Waals surface area contributed by atoms with Crippen LogP contribution in [-0.4, -0.2) is 46.5 Å². The third-order valence-electron chi connectivity index (χ3n) is 3.07. The molecule has 6 nitrogen and oxygen atoms in total. The van der Waals surface area contributed by atoms with E-state index in [-0.39, 0.29) is 18.3 Å². The van der Waals surface area contributed by atoms with Gasteiger partial charge in [0, 0.05) is 25.5 Å². The summed E-state index contributed by atoms with van der Waals surface area (Å²) in [5.74, 6) is 0.743. The molecule has 0 spiro atoms. The van der Waals surface area contributed by atoms with E-state index in [9.17, 15) is 13.2 Å². The smallest absolute Gasteiger partial charge is 0.264 e. The lowest BCUT2D eigenvalue weighted by Gasteiger charge is -2.26. The highest BCUT2D eigenvalue weighted by atomic mass is 32.2. The summed E-state index contributed by atoms with van der Waals surface area (Å²) in [6.45, 7) is 0.620. The number of benzene rings is 1. The van der Waals surface area contributed by atoms with Gasteiger partial charge < -0.3 is 15.0 Å². The highest BCUT2D eigenvalue weighted by Gasteiger charge is 2.22. The number of likely N-dealkylation sites (N-methyl/N-ethyl adjacent to an activating group) is 1. The van der Waals surface area contributed by atoms with Crippen LogP contribution in [0.4, 0.5) is 11.4 Å². The van der Waals surface area contributed by atoms with Gasteiger partial charge in [-0.1, -0.05) is 0 Å². The summed E-state index contributed by atoms with van der Waals surface area (Å²) in [6.07, 6.45) is 1.77. The van der Waals surface area contributed by atoms with Crippen LogP contribution in [0.1, 0.15) is 6.42 Å². The minimum Gasteiger partial charge on any atom is -0.482 e. The van der Waals surface area contributed by atoms with E-state index in [1.54, 1.807) is 18.0 Å². The van der Waals surface area contributed by atoms with E-state index in [1.807, 2.05) is 12.1 Å². The van der Waals surface area contributed by atoms with Crippen molar-refractivity contribution in [2.75, 3.05) is 42.4 Å². The van der Waals surface area contributed by atoms with E-state index < -0.39 is 9.84 Å². The lowest BCUT2D eigenvalue weighted by atomic mass is 10.2. The van der Waals surface area contributed by atoms with Crippen molar-refractivity contribution in [3.63, 3.8) is 0 Å². The maximum Gasteiger partial charge on any atom is 0.264 e. The fourth-order valence-electron chi connectivity index (χ4n) is 1.95. The van der Waals surface area contributed by atoms with Gasteiger partial charge in [0.15, 0.2) is 6.61 Å². The first-order chi connectivity index (χ1) is 9.37. The lowest BCUT2D eigenvalue weighted by Crippen LogP contribution is -2.35. The zero-order valence-electron chi connectivity index (χ0n) is 11.5. The fraction of sp³-hybridized carbons (Fsp3) is 0.462. The van der Waals surface area contributed by atoms with Gasteiger partial charge in [0.25, 0.3) is 5.91 Å².